The van der Waals surface area contributed by atoms with Gasteiger partial charge in [0.15, 0.2) is 0 Å². The maximum absolute atomic E-state index is 11.8. The zero-order valence-electron chi connectivity index (χ0n) is 12.1. The number of rotatable bonds is 5. The second-order valence-corrected chi connectivity index (χ2v) is 9.49. The van der Waals surface area contributed by atoms with Crippen molar-refractivity contribution in [1.29, 1.82) is 0 Å². The van der Waals surface area contributed by atoms with Gasteiger partial charge in [-0.15, -0.1) is 0 Å². The molecule has 0 spiro atoms. The Morgan fingerprint density at radius 3 is 2.41 bits per heavy atom. The summed E-state index contributed by atoms with van der Waals surface area (Å²) in [5, 5.41) is 2.58. The lowest BCUT2D eigenvalue weighted by molar-refractivity contribution is -0.115. The fourth-order valence-corrected chi connectivity index (χ4v) is 4.26. The highest BCUT2D eigenvalue weighted by Gasteiger charge is 2.28. The van der Waals surface area contributed by atoms with E-state index in [1.165, 1.54) is 4.31 Å². The summed E-state index contributed by atoms with van der Waals surface area (Å²) in [6.07, 6.45) is 1.57. The zero-order chi connectivity index (χ0) is 16.4. The van der Waals surface area contributed by atoms with Crippen molar-refractivity contribution in [1.82, 2.24) is 0 Å². The molecule has 9 heteroatoms. The number of carbonyl (C=O) groups is 1. The molecule has 0 bridgehead atoms. The molecule has 22 heavy (non-hydrogen) atoms. The number of benzene rings is 1. The van der Waals surface area contributed by atoms with Crippen molar-refractivity contribution >= 4 is 37.1 Å². The summed E-state index contributed by atoms with van der Waals surface area (Å²) in [6.45, 7) is 0.461. The summed E-state index contributed by atoms with van der Waals surface area (Å²) in [5.74, 6) is -0.452. The number of sulfonamides is 1. The van der Waals surface area contributed by atoms with Crippen LogP contribution in [0.2, 0.25) is 0 Å². The van der Waals surface area contributed by atoms with Crippen LogP contribution in [0, 0.1) is 0 Å². The first kappa shape index (κ1) is 16.8. The third-order valence-electron chi connectivity index (χ3n) is 3.24. The predicted octanol–water partition coefficient (Wildman–Crippen LogP) is 0.600. The topological polar surface area (TPSA) is 101 Å². The lowest BCUT2D eigenvalue weighted by Gasteiger charge is -2.17. The molecule has 2 rings (SSSR count). The summed E-state index contributed by atoms with van der Waals surface area (Å²) < 4.78 is 47.0. The first-order valence-corrected chi connectivity index (χ1v) is 10.4. The van der Waals surface area contributed by atoms with Crippen molar-refractivity contribution < 1.29 is 21.6 Å². The minimum atomic E-state index is -3.22. The van der Waals surface area contributed by atoms with Gasteiger partial charge >= 0.3 is 0 Å². The number of anilines is 2. The molecule has 1 saturated heterocycles. The fourth-order valence-electron chi connectivity index (χ4n) is 2.14. The average Bonchev–Trinajstić information content (AvgIpc) is 2.76. The van der Waals surface area contributed by atoms with Crippen LogP contribution in [0.5, 0.6) is 0 Å². The van der Waals surface area contributed by atoms with Crippen LogP contribution in [0.4, 0.5) is 11.4 Å². The van der Waals surface area contributed by atoms with Gasteiger partial charge in [-0.05, 0) is 30.7 Å². The standard InChI is InChI=1S/C13H18N2O5S2/c1-21(17,18)10-7-13(16)14-11-3-5-12(6-4-11)15-8-2-9-22(15,19)20/h3-6H,2,7-10H2,1H3,(H,14,16). The molecular weight excluding hydrogens is 328 g/mol. The molecule has 1 aromatic carbocycles. The summed E-state index contributed by atoms with van der Waals surface area (Å²) in [6, 6.07) is 6.44. The van der Waals surface area contributed by atoms with Crippen molar-refractivity contribution in [3.63, 3.8) is 0 Å². The van der Waals surface area contributed by atoms with Gasteiger partial charge in [0, 0.05) is 24.9 Å². The number of nitrogens with zero attached hydrogens (tertiary/aromatic N) is 1. The lowest BCUT2D eigenvalue weighted by Crippen LogP contribution is -2.25. The van der Waals surface area contributed by atoms with Crippen molar-refractivity contribution in [3.05, 3.63) is 24.3 Å². The molecule has 1 N–H and O–H groups in total. The van der Waals surface area contributed by atoms with E-state index in [9.17, 15) is 21.6 Å². The number of hydrogen-bond acceptors (Lipinski definition) is 5. The number of sulfone groups is 1. The van der Waals surface area contributed by atoms with Gasteiger partial charge in [-0.1, -0.05) is 0 Å². The summed E-state index contributed by atoms with van der Waals surface area (Å²) >= 11 is 0. The SMILES string of the molecule is CS(=O)(=O)CCC(=O)Nc1ccc(N2CCCS2(=O)=O)cc1. The van der Waals surface area contributed by atoms with Crippen molar-refractivity contribution in [3.8, 4) is 0 Å². The Balaban J connectivity index is 1.99. The highest BCUT2D eigenvalue weighted by molar-refractivity contribution is 7.93. The van der Waals surface area contributed by atoms with E-state index in [2.05, 4.69) is 5.32 Å². The predicted molar refractivity (Wildman–Crippen MR) is 85.1 cm³/mol. The third kappa shape index (κ3) is 4.44. The quantitative estimate of drug-likeness (QED) is 0.841. The molecular formula is C13H18N2O5S2. The van der Waals surface area contributed by atoms with Crippen LogP contribution in [0.25, 0.3) is 0 Å². The molecule has 1 heterocycles. The van der Waals surface area contributed by atoms with Crippen molar-refractivity contribution in [2.75, 3.05) is 33.9 Å². The first-order chi connectivity index (χ1) is 10.2. The molecule has 0 atom stereocenters. The Morgan fingerprint density at radius 1 is 1.27 bits per heavy atom. The van der Waals surface area contributed by atoms with Crippen molar-refractivity contribution in [2.45, 2.75) is 12.8 Å². The van der Waals surface area contributed by atoms with Gasteiger partial charge in [-0.2, -0.15) is 0 Å². The Bertz CT molecular complexity index is 754. The zero-order valence-corrected chi connectivity index (χ0v) is 13.8. The van der Waals surface area contributed by atoms with Crippen LogP contribution in [-0.2, 0) is 24.7 Å². The monoisotopic (exact) mass is 346 g/mol. The minimum Gasteiger partial charge on any atom is -0.326 e. The molecule has 122 valence electrons. The van der Waals surface area contributed by atoms with E-state index in [-0.39, 0.29) is 17.9 Å². The van der Waals surface area contributed by atoms with Crippen LogP contribution in [0.15, 0.2) is 24.3 Å². The summed E-state index contributed by atoms with van der Waals surface area (Å²) in [7, 11) is -6.40. The number of nitrogens with one attached hydrogen (secondary N) is 1. The Kier molecular flexibility index (Phi) is 4.76. The van der Waals surface area contributed by atoms with Gasteiger partial charge < -0.3 is 5.32 Å². The minimum absolute atomic E-state index is 0.110. The van der Waals surface area contributed by atoms with E-state index in [0.717, 1.165) is 6.26 Å². The van der Waals surface area contributed by atoms with Gasteiger partial charge in [0.05, 0.1) is 17.2 Å². The van der Waals surface area contributed by atoms with E-state index in [0.29, 0.717) is 24.3 Å². The van der Waals surface area contributed by atoms with E-state index in [1.54, 1.807) is 24.3 Å². The smallest absolute Gasteiger partial charge is 0.235 e. The fraction of sp³-hybridized carbons (Fsp3) is 0.462. The van der Waals surface area contributed by atoms with E-state index in [4.69, 9.17) is 0 Å². The van der Waals surface area contributed by atoms with E-state index in [1.807, 2.05) is 0 Å². The average molecular weight is 346 g/mol. The normalized spacial score (nSPS) is 17.4. The first-order valence-electron chi connectivity index (χ1n) is 6.75. The van der Waals surface area contributed by atoms with Crippen LogP contribution < -0.4 is 9.62 Å². The molecule has 1 aliphatic rings. The molecule has 0 aliphatic carbocycles. The Hall–Kier alpha value is -1.61. The van der Waals surface area contributed by atoms with Gasteiger partial charge in [0.1, 0.15) is 9.84 Å². The maximum atomic E-state index is 11.8. The Labute approximate surface area is 130 Å². The van der Waals surface area contributed by atoms with Gasteiger partial charge in [0.25, 0.3) is 0 Å². The third-order valence-corrected chi connectivity index (χ3v) is 6.05. The van der Waals surface area contributed by atoms with Gasteiger partial charge in [-0.3, -0.25) is 9.10 Å². The molecule has 7 nitrogen and oxygen atoms in total. The van der Waals surface area contributed by atoms with Crippen LogP contribution in [0.1, 0.15) is 12.8 Å². The van der Waals surface area contributed by atoms with Gasteiger partial charge in [0.2, 0.25) is 15.9 Å². The van der Waals surface area contributed by atoms with E-state index < -0.39 is 25.8 Å². The molecule has 0 radical (unpaired) electrons. The largest absolute Gasteiger partial charge is 0.326 e. The molecule has 1 amide bonds. The highest BCUT2D eigenvalue weighted by atomic mass is 32.2. The molecule has 0 saturated carbocycles. The van der Waals surface area contributed by atoms with Gasteiger partial charge in [-0.25, -0.2) is 16.8 Å². The molecule has 1 aromatic rings. The molecule has 0 aromatic heterocycles. The number of carbonyl (C=O) groups excluding carboxylic acids is 1. The van der Waals surface area contributed by atoms with Crippen molar-refractivity contribution in [2.24, 2.45) is 0 Å². The summed E-state index contributed by atoms with van der Waals surface area (Å²) in [5.41, 5.74) is 1.06. The highest BCUT2D eigenvalue weighted by Crippen LogP contribution is 2.25. The Morgan fingerprint density at radius 2 is 1.91 bits per heavy atom. The van der Waals surface area contributed by atoms with Crippen LogP contribution >= 0.6 is 0 Å². The number of hydrogen-bond donors (Lipinski definition) is 1. The second kappa shape index (κ2) is 6.25. The lowest BCUT2D eigenvalue weighted by atomic mass is 10.2. The van der Waals surface area contributed by atoms with Crippen LogP contribution in [-0.4, -0.2) is 47.0 Å². The molecule has 1 aliphatic heterocycles. The summed E-state index contributed by atoms with van der Waals surface area (Å²) in [4.78, 5) is 11.6. The molecule has 1 fully saturated rings. The second-order valence-electron chi connectivity index (χ2n) is 5.22. The molecule has 0 unspecified atom stereocenters. The number of amides is 1. The van der Waals surface area contributed by atoms with Crippen LogP contribution in [0.3, 0.4) is 0 Å². The maximum Gasteiger partial charge on any atom is 0.235 e. The van der Waals surface area contributed by atoms with E-state index >= 15 is 0 Å².